The van der Waals surface area contributed by atoms with Gasteiger partial charge in [0.2, 0.25) is 0 Å². The number of hydrogen-bond donors (Lipinski definition) is 2. The fraction of sp³-hybridized carbons (Fsp3) is 1.00. The molecule has 2 N–H and O–H groups in total. The van der Waals surface area contributed by atoms with Crippen LogP contribution in [-0.2, 0) is 4.74 Å². The maximum absolute atomic E-state index is 9.69. The molecule has 0 aromatic rings. The first-order valence-electron chi connectivity index (χ1n) is 6.44. The molecule has 94 valence electrons. The van der Waals surface area contributed by atoms with Crippen molar-refractivity contribution in [2.45, 2.75) is 31.5 Å². The molecule has 1 aliphatic carbocycles. The molecule has 0 amide bonds. The monoisotopic (exact) mass is 228 g/mol. The molecule has 0 radical (unpaired) electrons. The average molecular weight is 228 g/mol. The summed E-state index contributed by atoms with van der Waals surface area (Å²) in [4.78, 5) is 2.31. The predicted octanol–water partition coefficient (Wildman–Crippen LogP) is 0.0676. The van der Waals surface area contributed by atoms with E-state index in [1.54, 1.807) is 0 Å². The van der Waals surface area contributed by atoms with Gasteiger partial charge in [0.1, 0.15) is 0 Å². The smallest absolute Gasteiger partial charge is 0.0826 e. The highest BCUT2D eigenvalue weighted by Crippen LogP contribution is 2.24. The lowest BCUT2D eigenvalue weighted by atomic mass is 10.1. The van der Waals surface area contributed by atoms with E-state index in [0.717, 1.165) is 39.2 Å². The van der Waals surface area contributed by atoms with Gasteiger partial charge in [-0.1, -0.05) is 6.42 Å². The van der Waals surface area contributed by atoms with Gasteiger partial charge in [0, 0.05) is 26.2 Å². The van der Waals surface area contributed by atoms with E-state index in [4.69, 9.17) is 4.74 Å². The Balaban J connectivity index is 1.60. The Morgan fingerprint density at radius 2 is 2.25 bits per heavy atom. The van der Waals surface area contributed by atoms with Crippen LogP contribution in [0.15, 0.2) is 0 Å². The van der Waals surface area contributed by atoms with Crippen molar-refractivity contribution in [1.82, 2.24) is 10.2 Å². The maximum atomic E-state index is 9.69. The number of rotatable bonds is 4. The first kappa shape index (κ1) is 12.3. The van der Waals surface area contributed by atoms with E-state index in [2.05, 4.69) is 17.3 Å². The Bertz CT molecular complexity index is 213. The molecule has 1 heterocycles. The molecule has 2 aliphatic rings. The molecule has 1 aliphatic heterocycles. The van der Waals surface area contributed by atoms with E-state index in [0.29, 0.717) is 12.0 Å². The lowest BCUT2D eigenvalue weighted by Gasteiger charge is -2.30. The van der Waals surface area contributed by atoms with Crippen LogP contribution >= 0.6 is 0 Å². The Morgan fingerprint density at radius 1 is 1.38 bits per heavy atom. The van der Waals surface area contributed by atoms with Crippen LogP contribution in [0, 0.1) is 5.92 Å². The van der Waals surface area contributed by atoms with Crippen molar-refractivity contribution in [2.75, 3.05) is 39.8 Å². The van der Waals surface area contributed by atoms with Gasteiger partial charge in [-0.25, -0.2) is 0 Å². The lowest BCUT2D eigenvalue weighted by Crippen LogP contribution is -2.45. The van der Waals surface area contributed by atoms with Crippen molar-refractivity contribution in [3.8, 4) is 0 Å². The minimum atomic E-state index is -0.0811. The van der Waals surface area contributed by atoms with Crippen LogP contribution < -0.4 is 5.32 Å². The summed E-state index contributed by atoms with van der Waals surface area (Å²) >= 11 is 0. The van der Waals surface area contributed by atoms with Gasteiger partial charge in [0.05, 0.1) is 18.8 Å². The molecular formula is C12H24N2O2. The van der Waals surface area contributed by atoms with Crippen LogP contribution in [0.5, 0.6) is 0 Å². The van der Waals surface area contributed by atoms with Crippen molar-refractivity contribution >= 4 is 0 Å². The van der Waals surface area contributed by atoms with Crippen molar-refractivity contribution in [1.29, 1.82) is 0 Å². The molecule has 0 aromatic carbocycles. The number of nitrogens with one attached hydrogen (secondary N) is 1. The molecular weight excluding hydrogens is 204 g/mol. The topological polar surface area (TPSA) is 44.7 Å². The second kappa shape index (κ2) is 5.96. The summed E-state index contributed by atoms with van der Waals surface area (Å²) in [6, 6.07) is 0. The number of morpholine rings is 1. The van der Waals surface area contributed by atoms with Gasteiger partial charge in [-0.2, -0.15) is 0 Å². The third-order valence-corrected chi connectivity index (χ3v) is 3.74. The third-order valence-electron chi connectivity index (χ3n) is 3.74. The van der Waals surface area contributed by atoms with Gasteiger partial charge in [-0.05, 0) is 25.8 Å². The minimum Gasteiger partial charge on any atom is -0.393 e. The van der Waals surface area contributed by atoms with Gasteiger partial charge < -0.3 is 20.1 Å². The number of ether oxygens (including phenoxy) is 1. The molecule has 3 unspecified atom stereocenters. The number of nitrogens with zero attached hydrogens (tertiary/aromatic N) is 1. The van der Waals surface area contributed by atoms with E-state index in [1.807, 2.05) is 0 Å². The molecule has 1 saturated carbocycles. The van der Waals surface area contributed by atoms with Gasteiger partial charge in [-0.15, -0.1) is 0 Å². The van der Waals surface area contributed by atoms with E-state index in [1.165, 1.54) is 12.8 Å². The molecule has 0 spiro atoms. The van der Waals surface area contributed by atoms with Crippen LogP contribution in [0.25, 0.3) is 0 Å². The zero-order chi connectivity index (χ0) is 11.4. The molecule has 2 fully saturated rings. The summed E-state index contributed by atoms with van der Waals surface area (Å²) in [5.41, 5.74) is 0. The van der Waals surface area contributed by atoms with E-state index in [-0.39, 0.29) is 6.10 Å². The molecule has 0 aromatic heterocycles. The summed E-state index contributed by atoms with van der Waals surface area (Å²) in [6.07, 6.45) is 3.56. The van der Waals surface area contributed by atoms with E-state index < -0.39 is 0 Å². The first-order valence-corrected chi connectivity index (χ1v) is 6.44. The summed E-state index contributed by atoms with van der Waals surface area (Å²) < 4.78 is 5.67. The highest BCUT2D eigenvalue weighted by molar-refractivity contribution is 4.79. The van der Waals surface area contributed by atoms with Crippen molar-refractivity contribution in [3.63, 3.8) is 0 Å². The molecule has 1 saturated heterocycles. The fourth-order valence-electron chi connectivity index (χ4n) is 2.68. The quantitative estimate of drug-likeness (QED) is 0.714. The lowest BCUT2D eigenvalue weighted by molar-refractivity contribution is -0.0189. The predicted molar refractivity (Wildman–Crippen MR) is 63.5 cm³/mol. The molecule has 4 heteroatoms. The van der Waals surface area contributed by atoms with Gasteiger partial charge in [-0.3, -0.25) is 0 Å². The minimum absolute atomic E-state index is 0.0811. The zero-order valence-corrected chi connectivity index (χ0v) is 10.2. The Hall–Kier alpha value is -0.160. The summed E-state index contributed by atoms with van der Waals surface area (Å²) in [5, 5.41) is 13.1. The standard InChI is InChI=1S/C12H24N2O2/c1-14-5-6-16-11(9-14)8-13-7-10-3-2-4-12(10)15/h10-13,15H,2-9H2,1H3. The fourth-order valence-corrected chi connectivity index (χ4v) is 2.68. The Kier molecular flexibility index (Phi) is 4.58. The van der Waals surface area contributed by atoms with Crippen molar-refractivity contribution < 1.29 is 9.84 Å². The zero-order valence-electron chi connectivity index (χ0n) is 10.2. The number of aliphatic hydroxyl groups excluding tert-OH is 1. The van der Waals surface area contributed by atoms with Crippen molar-refractivity contribution in [3.05, 3.63) is 0 Å². The SMILES string of the molecule is CN1CCOC(CNCC2CCCC2O)C1. The van der Waals surface area contributed by atoms with Crippen LogP contribution in [0.1, 0.15) is 19.3 Å². The third kappa shape index (κ3) is 3.42. The first-order chi connectivity index (χ1) is 7.75. The normalized spacial score (nSPS) is 36.8. The number of aliphatic hydroxyl groups is 1. The van der Waals surface area contributed by atoms with E-state index in [9.17, 15) is 5.11 Å². The van der Waals surface area contributed by atoms with E-state index >= 15 is 0 Å². The van der Waals surface area contributed by atoms with Crippen LogP contribution in [0.2, 0.25) is 0 Å². The molecule has 4 nitrogen and oxygen atoms in total. The Labute approximate surface area is 98.0 Å². The van der Waals surface area contributed by atoms with Crippen LogP contribution in [0.3, 0.4) is 0 Å². The number of hydrogen-bond acceptors (Lipinski definition) is 4. The summed E-state index contributed by atoms with van der Waals surface area (Å²) in [6.45, 7) is 4.74. The highest BCUT2D eigenvalue weighted by atomic mass is 16.5. The Morgan fingerprint density at radius 3 is 2.94 bits per heavy atom. The molecule has 16 heavy (non-hydrogen) atoms. The van der Waals surface area contributed by atoms with Gasteiger partial charge in [0.25, 0.3) is 0 Å². The maximum Gasteiger partial charge on any atom is 0.0826 e. The van der Waals surface area contributed by atoms with Crippen LogP contribution in [-0.4, -0.2) is 62.0 Å². The second-order valence-electron chi connectivity index (χ2n) is 5.17. The highest BCUT2D eigenvalue weighted by Gasteiger charge is 2.25. The second-order valence-corrected chi connectivity index (χ2v) is 5.17. The molecule has 0 bridgehead atoms. The molecule has 3 atom stereocenters. The summed E-state index contributed by atoms with van der Waals surface area (Å²) in [7, 11) is 2.14. The largest absolute Gasteiger partial charge is 0.393 e. The van der Waals surface area contributed by atoms with Gasteiger partial charge >= 0.3 is 0 Å². The van der Waals surface area contributed by atoms with Crippen molar-refractivity contribution in [2.24, 2.45) is 5.92 Å². The van der Waals surface area contributed by atoms with Gasteiger partial charge in [0.15, 0.2) is 0 Å². The molecule has 2 rings (SSSR count). The summed E-state index contributed by atoms with van der Waals surface area (Å²) in [5.74, 6) is 0.460. The average Bonchev–Trinajstić information content (AvgIpc) is 2.65. The number of likely N-dealkylation sites (N-methyl/N-ethyl adjacent to an activating group) is 1. The van der Waals surface area contributed by atoms with Crippen LogP contribution in [0.4, 0.5) is 0 Å².